The Morgan fingerprint density at radius 3 is 2.08 bits per heavy atom. The van der Waals surface area contributed by atoms with E-state index in [-0.39, 0.29) is 16.9 Å². The Morgan fingerprint density at radius 2 is 1.47 bits per heavy atom. The van der Waals surface area contributed by atoms with Gasteiger partial charge in [0.25, 0.3) is 5.91 Å². The Balaban J connectivity index is 1.43. The van der Waals surface area contributed by atoms with Gasteiger partial charge in [0, 0.05) is 43.4 Å². The van der Waals surface area contributed by atoms with Crippen molar-refractivity contribution in [3.63, 3.8) is 0 Å². The molecule has 0 aliphatic carbocycles. The Bertz CT molecular complexity index is 1270. The van der Waals surface area contributed by atoms with Crippen molar-refractivity contribution in [1.29, 1.82) is 0 Å². The molecule has 0 saturated carbocycles. The number of halogens is 2. The number of rotatable bonds is 6. The van der Waals surface area contributed by atoms with Crippen LogP contribution >= 0.6 is 0 Å². The lowest BCUT2D eigenvalue weighted by atomic mass is 9.77. The highest BCUT2D eigenvalue weighted by atomic mass is 19.1. The molecule has 7 nitrogen and oxygen atoms in total. The average molecular weight is 529 g/mol. The zero-order valence-electron chi connectivity index (χ0n) is 22.5. The number of aryl methyl sites for hydroxylation is 1. The Kier molecular flexibility index (Phi) is 7.94. The van der Waals surface area contributed by atoms with E-state index < -0.39 is 23.1 Å². The van der Waals surface area contributed by atoms with Crippen LogP contribution in [0, 0.1) is 24.0 Å². The molecule has 9 heteroatoms. The minimum Gasteiger partial charge on any atom is -0.496 e. The highest BCUT2D eigenvalue weighted by Crippen LogP contribution is 2.41. The molecule has 0 aromatic heterocycles. The zero-order chi connectivity index (χ0) is 27.6. The highest BCUT2D eigenvalue weighted by Gasteiger charge is 2.43. The summed E-state index contributed by atoms with van der Waals surface area (Å²) in [5.41, 5.74) is 0.896. The van der Waals surface area contributed by atoms with E-state index in [0.717, 1.165) is 12.5 Å². The zero-order valence-corrected chi connectivity index (χ0v) is 22.5. The predicted octanol–water partition coefficient (Wildman–Crippen LogP) is 4.86. The second-order valence-corrected chi connectivity index (χ2v) is 10.1. The van der Waals surface area contributed by atoms with Crippen LogP contribution in [0.5, 0.6) is 17.2 Å². The first-order valence-corrected chi connectivity index (χ1v) is 12.6. The fourth-order valence-corrected chi connectivity index (χ4v) is 5.42. The fourth-order valence-electron chi connectivity index (χ4n) is 5.42. The molecule has 0 unspecified atom stereocenters. The van der Waals surface area contributed by atoms with Crippen LogP contribution in [0.2, 0.25) is 0 Å². The van der Waals surface area contributed by atoms with Crippen LogP contribution in [0.15, 0.2) is 29.8 Å². The number of nitrogens with zero attached hydrogens (tertiary/aromatic N) is 2. The summed E-state index contributed by atoms with van der Waals surface area (Å²) in [6.45, 7) is 5.27. The van der Waals surface area contributed by atoms with Gasteiger partial charge in [-0.05, 0) is 62.3 Å². The van der Waals surface area contributed by atoms with Crippen LogP contribution in [-0.2, 0) is 4.79 Å². The van der Waals surface area contributed by atoms with Gasteiger partial charge in [0.1, 0.15) is 22.9 Å². The first-order valence-electron chi connectivity index (χ1n) is 12.6. The molecule has 2 saturated heterocycles. The maximum atomic E-state index is 14.5. The number of hydrogen-bond acceptors (Lipinski definition) is 5. The van der Waals surface area contributed by atoms with E-state index in [2.05, 4.69) is 0 Å². The molecule has 2 aliphatic heterocycles. The third-order valence-electron chi connectivity index (χ3n) is 7.78. The van der Waals surface area contributed by atoms with Crippen LogP contribution in [0.25, 0.3) is 6.08 Å². The third-order valence-corrected chi connectivity index (χ3v) is 7.78. The van der Waals surface area contributed by atoms with Crippen molar-refractivity contribution in [3.8, 4) is 17.2 Å². The topological polar surface area (TPSA) is 68.3 Å². The largest absolute Gasteiger partial charge is 0.496 e. The quantitative estimate of drug-likeness (QED) is 0.501. The molecule has 2 aromatic carbocycles. The lowest BCUT2D eigenvalue weighted by Gasteiger charge is -2.39. The van der Waals surface area contributed by atoms with Crippen molar-refractivity contribution in [2.24, 2.45) is 5.41 Å². The molecule has 2 heterocycles. The van der Waals surface area contributed by atoms with Crippen LogP contribution in [0.1, 0.15) is 47.7 Å². The van der Waals surface area contributed by atoms with Gasteiger partial charge in [0.2, 0.25) is 5.91 Å². The van der Waals surface area contributed by atoms with E-state index in [1.807, 2.05) is 4.90 Å². The molecular formula is C29H34F2N2O5. The van der Waals surface area contributed by atoms with E-state index >= 15 is 0 Å². The highest BCUT2D eigenvalue weighted by molar-refractivity contribution is 5.98. The first-order chi connectivity index (χ1) is 18.1. The number of methoxy groups -OCH3 is 3. The van der Waals surface area contributed by atoms with Crippen LogP contribution in [0.4, 0.5) is 8.78 Å². The van der Waals surface area contributed by atoms with Gasteiger partial charge in [0.05, 0.1) is 21.3 Å². The first kappa shape index (κ1) is 27.4. The van der Waals surface area contributed by atoms with E-state index in [9.17, 15) is 18.4 Å². The maximum Gasteiger partial charge on any atom is 0.259 e. The third kappa shape index (κ3) is 5.19. The van der Waals surface area contributed by atoms with Crippen molar-refractivity contribution in [2.75, 3.05) is 47.5 Å². The molecule has 0 atom stereocenters. The summed E-state index contributed by atoms with van der Waals surface area (Å²) in [5.74, 6) is -0.707. The predicted molar refractivity (Wildman–Crippen MR) is 140 cm³/mol. The molecule has 2 fully saturated rings. The molecule has 0 N–H and O–H groups in total. The minimum atomic E-state index is -0.843. The van der Waals surface area contributed by atoms with Crippen LogP contribution in [-0.4, -0.2) is 69.1 Å². The van der Waals surface area contributed by atoms with Gasteiger partial charge in [-0.2, -0.15) is 0 Å². The Labute approximate surface area is 222 Å². The summed E-state index contributed by atoms with van der Waals surface area (Å²) >= 11 is 0. The van der Waals surface area contributed by atoms with Crippen molar-refractivity contribution in [1.82, 2.24) is 9.80 Å². The standard InChI is InChI=1S/C29H34F2N2O5/c1-18-6-7-21(30)25(26(18)31)28(35)32-11-8-29(9-12-32)10-13-33(17-29)27(34)19(2)14-20-15-23(37-4)24(38-5)16-22(20)36-3/h6-7,14-16H,8-13,17H2,1-5H3/b19-14+. The van der Waals surface area contributed by atoms with Crippen molar-refractivity contribution >= 4 is 17.9 Å². The number of hydrogen-bond donors (Lipinski definition) is 0. The summed E-state index contributed by atoms with van der Waals surface area (Å²) in [5, 5.41) is 0. The summed E-state index contributed by atoms with van der Waals surface area (Å²) in [7, 11) is 4.65. The molecule has 204 valence electrons. The van der Waals surface area contributed by atoms with Gasteiger partial charge in [-0.3, -0.25) is 9.59 Å². The Hall–Kier alpha value is -3.62. The van der Waals surface area contributed by atoms with Crippen LogP contribution < -0.4 is 14.2 Å². The molecule has 2 aromatic rings. The normalized spacial score (nSPS) is 17.1. The van der Waals surface area contributed by atoms with Crippen LogP contribution in [0.3, 0.4) is 0 Å². The van der Waals surface area contributed by atoms with Gasteiger partial charge in [-0.1, -0.05) is 6.07 Å². The number of amides is 2. The van der Waals surface area contributed by atoms with Gasteiger partial charge in [-0.25, -0.2) is 8.78 Å². The van der Waals surface area contributed by atoms with E-state index in [0.29, 0.717) is 67.4 Å². The lowest BCUT2D eigenvalue weighted by molar-refractivity contribution is -0.126. The lowest BCUT2D eigenvalue weighted by Crippen LogP contribution is -2.45. The minimum absolute atomic E-state index is 0.0684. The van der Waals surface area contributed by atoms with E-state index in [1.54, 1.807) is 46.5 Å². The number of carbonyl (C=O) groups is 2. The molecule has 0 radical (unpaired) electrons. The number of carbonyl (C=O) groups excluding carboxylic acids is 2. The number of benzene rings is 2. The van der Waals surface area contributed by atoms with Gasteiger partial charge < -0.3 is 24.0 Å². The van der Waals surface area contributed by atoms with E-state index in [1.165, 1.54) is 17.9 Å². The second kappa shape index (κ2) is 11.0. The maximum absolute atomic E-state index is 14.5. The van der Waals surface area contributed by atoms with Gasteiger partial charge in [-0.15, -0.1) is 0 Å². The van der Waals surface area contributed by atoms with Crippen molar-refractivity contribution in [3.05, 3.63) is 58.2 Å². The monoisotopic (exact) mass is 528 g/mol. The summed E-state index contributed by atoms with van der Waals surface area (Å²) < 4.78 is 45.0. The summed E-state index contributed by atoms with van der Waals surface area (Å²) in [6, 6.07) is 5.95. The smallest absolute Gasteiger partial charge is 0.259 e. The molecular weight excluding hydrogens is 494 g/mol. The number of likely N-dealkylation sites (tertiary alicyclic amines) is 2. The van der Waals surface area contributed by atoms with Gasteiger partial charge in [0.15, 0.2) is 11.5 Å². The fraction of sp³-hybridized carbons (Fsp3) is 0.448. The second-order valence-electron chi connectivity index (χ2n) is 10.1. The molecule has 38 heavy (non-hydrogen) atoms. The van der Waals surface area contributed by atoms with Crippen molar-refractivity contribution in [2.45, 2.75) is 33.1 Å². The van der Waals surface area contributed by atoms with E-state index in [4.69, 9.17) is 14.2 Å². The summed E-state index contributed by atoms with van der Waals surface area (Å²) in [4.78, 5) is 29.6. The summed E-state index contributed by atoms with van der Waals surface area (Å²) in [6.07, 6.45) is 3.94. The molecule has 1 spiro atoms. The van der Waals surface area contributed by atoms with Gasteiger partial charge >= 0.3 is 0 Å². The molecule has 4 rings (SSSR count). The SMILES string of the molecule is COc1cc(OC)c(OC)cc1/C=C(\C)C(=O)N1CCC2(CCN(C(=O)c3c(F)ccc(C)c3F)CC2)C1. The molecule has 2 aliphatic rings. The molecule has 0 bridgehead atoms. The van der Waals surface area contributed by atoms with Crippen molar-refractivity contribution < 1.29 is 32.6 Å². The average Bonchev–Trinajstić information content (AvgIpc) is 3.33. The number of piperidine rings is 1. The molecule has 2 amide bonds. The Morgan fingerprint density at radius 1 is 0.895 bits per heavy atom. The number of ether oxygens (including phenoxy) is 3.